The first kappa shape index (κ1) is 18.4. The Morgan fingerprint density at radius 1 is 1.21 bits per heavy atom. The average Bonchev–Trinajstić information content (AvgIpc) is 3.16. The Labute approximate surface area is 169 Å². The molecule has 4 aliphatic heterocycles. The molecule has 2 amide bonds. The van der Waals surface area contributed by atoms with Crippen molar-refractivity contribution < 1.29 is 14.0 Å². The Balaban J connectivity index is 1.33. The molecule has 0 saturated carbocycles. The lowest BCUT2D eigenvalue weighted by molar-refractivity contribution is -0.129. The highest BCUT2D eigenvalue weighted by atomic mass is 16.4. The topological polar surface area (TPSA) is 81.9 Å². The first-order chi connectivity index (χ1) is 14.0. The molecule has 6 rings (SSSR count). The molecule has 6 heterocycles. The zero-order valence-electron chi connectivity index (χ0n) is 16.9. The number of rotatable bonds is 3. The number of carbonyl (C=O) groups excluding carboxylic acids is 2. The van der Waals surface area contributed by atoms with Crippen molar-refractivity contribution in [2.24, 2.45) is 5.92 Å². The average molecular weight is 397 g/mol. The fourth-order valence-corrected chi connectivity index (χ4v) is 4.92. The number of furan rings is 1. The van der Waals surface area contributed by atoms with Gasteiger partial charge in [0.05, 0.1) is 6.54 Å². The van der Waals surface area contributed by atoms with Gasteiger partial charge < -0.3 is 19.5 Å². The van der Waals surface area contributed by atoms with E-state index in [1.165, 1.54) is 0 Å². The maximum Gasteiger partial charge on any atom is 0.270 e. The fraction of sp³-hybridized carbons (Fsp3) is 0.571. The summed E-state index contributed by atoms with van der Waals surface area (Å²) in [5.74, 6) is 1.12. The number of hydrogen-bond donors (Lipinski definition) is 1. The van der Waals surface area contributed by atoms with E-state index in [9.17, 15) is 9.59 Å². The Kier molecular flexibility index (Phi) is 4.46. The molecule has 8 heteroatoms. The van der Waals surface area contributed by atoms with Gasteiger partial charge in [0.1, 0.15) is 11.3 Å². The number of carbonyl (C=O) groups is 2. The van der Waals surface area contributed by atoms with Crippen LogP contribution in [0.15, 0.2) is 22.7 Å². The van der Waals surface area contributed by atoms with Crippen LogP contribution in [-0.4, -0.2) is 78.5 Å². The molecule has 4 saturated heterocycles. The van der Waals surface area contributed by atoms with E-state index in [-0.39, 0.29) is 17.9 Å². The van der Waals surface area contributed by atoms with Crippen LogP contribution in [0.3, 0.4) is 0 Å². The Bertz CT molecular complexity index is 947. The van der Waals surface area contributed by atoms with Crippen molar-refractivity contribution in [3.8, 4) is 0 Å². The summed E-state index contributed by atoms with van der Waals surface area (Å²) in [4.78, 5) is 35.3. The maximum absolute atomic E-state index is 12.9. The summed E-state index contributed by atoms with van der Waals surface area (Å²) < 4.78 is 5.97. The van der Waals surface area contributed by atoms with Crippen LogP contribution in [0.25, 0.3) is 11.0 Å². The molecule has 0 unspecified atom stereocenters. The molecule has 0 radical (unpaired) electrons. The predicted molar refractivity (Wildman–Crippen MR) is 109 cm³/mol. The number of anilines is 1. The van der Waals surface area contributed by atoms with Crippen molar-refractivity contribution >= 4 is 28.7 Å². The SMILES string of the molecule is C[C@H]1[C@H](NC(=O)c2cc3oc(N4CCN(C)C(=O)C4)cc3cn2)C2CCN1CC2. The Hall–Kier alpha value is -2.61. The molecule has 2 aromatic rings. The zero-order valence-corrected chi connectivity index (χ0v) is 16.9. The van der Waals surface area contributed by atoms with Crippen LogP contribution in [0, 0.1) is 5.92 Å². The first-order valence-corrected chi connectivity index (χ1v) is 10.4. The third-order valence-corrected chi connectivity index (χ3v) is 6.87. The van der Waals surface area contributed by atoms with E-state index >= 15 is 0 Å². The molecule has 154 valence electrons. The monoisotopic (exact) mass is 397 g/mol. The van der Waals surface area contributed by atoms with Gasteiger partial charge in [0.25, 0.3) is 5.91 Å². The number of pyridine rings is 1. The van der Waals surface area contributed by atoms with Crippen molar-refractivity contribution in [1.29, 1.82) is 0 Å². The third kappa shape index (κ3) is 3.25. The van der Waals surface area contributed by atoms with Crippen molar-refractivity contribution in [1.82, 2.24) is 20.1 Å². The zero-order chi connectivity index (χ0) is 20.1. The summed E-state index contributed by atoms with van der Waals surface area (Å²) in [7, 11) is 1.81. The minimum absolute atomic E-state index is 0.0709. The summed E-state index contributed by atoms with van der Waals surface area (Å²) >= 11 is 0. The summed E-state index contributed by atoms with van der Waals surface area (Å²) in [5, 5.41) is 4.05. The molecule has 0 aliphatic carbocycles. The Morgan fingerprint density at radius 3 is 2.72 bits per heavy atom. The van der Waals surface area contributed by atoms with Crippen LogP contribution in [0.1, 0.15) is 30.3 Å². The molecule has 8 nitrogen and oxygen atoms in total. The molecule has 0 aromatic carbocycles. The van der Waals surface area contributed by atoms with Gasteiger partial charge in [-0.15, -0.1) is 0 Å². The fourth-order valence-electron chi connectivity index (χ4n) is 4.92. The van der Waals surface area contributed by atoms with Gasteiger partial charge in [-0.2, -0.15) is 0 Å². The Morgan fingerprint density at radius 2 is 2.00 bits per heavy atom. The van der Waals surface area contributed by atoms with Crippen molar-refractivity contribution in [3.05, 3.63) is 24.0 Å². The van der Waals surface area contributed by atoms with Gasteiger partial charge in [-0.05, 0) is 38.8 Å². The first-order valence-electron chi connectivity index (χ1n) is 10.4. The van der Waals surface area contributed by atoms with E-state index < -0.39 is 0 Å². The molecule has 2 bridgehead atoms. The highest BCUT2D eigenvalue weighted by molar-refractivity contribution is 5.96. The molecule has 0 spiro atoms. The normalized spacial score (nSPS) is 29.5. The second kappa shape index (κ2) is 7.02. The number of hydrogen-bond acceptors (Lipinski definition) is 6. The second-order valence-corrected chi connectivity index (χ2v) is 8.54. The highest BCUT2D eigenvalue weighted by Crippen LogP contribution is 2.32. The van der Waals surface area contributed by atoms with E-state index in [1.54, 1.807) is 17.2 Å². The van der Waals surface area contributed by atoms with Crippen LogP contribution in [0.4, 0.5) is 5.88 Å². The molecular weight excluding hydrogens is 370 g/mol. The van der Waals surface area contributed by atoms with E-state index in [0.29, 0.717) is 42.2 Å². The summed E-state index contributed by atoms with van der Waals surface area (Å²) in [6.45, 7) is 6.15. The molecule has 4 fully saturated rings. The van der Waals surface area contributed by atoms with Crippen molar-refractivity contribution in [2.45, 2.75) is 31.8 Å². The van der Waals surface area contributed by atoms with Crippen LogP contribution in [0.5, 0.6) is 0 Å². The van der Waals surface area contributed by atoms with Crippen molar-refractivity contribution in [3.63, 3.8) is 0 Å². The second-order valence-electron chi connectivity index (χ2n) is 8.54. The number of aromatic nitrogens is 1. The predicted octanol–water partition coefficient (Wildman–Crippen LogP) is 1.32. The largest absolute Gasteiger partial charge is 0.440 e. The number of likely N-dealkylation sites (N-methyl/N-ethyl adjacent to an activating group) is 1. The molecule has 1 N–H and O–H groups in total. The van der Waals surface area contributed by atoms with Gasteiger partial charge in [-0.25, -0.2) is 0 Å². The summed E-state index contributed by atoms with van der Waals surface area (Å²) in [6.07, 6.45) is 3.97. The molecule has 2 atom stereocenters. The highest BCUT2D eigenvalue weighted by Gasteiger charge is 2.40. The lowest BCUT2D eigenvalue weighted by Gasteiger charge is -2.49. The van der Waals surface area contributed by atoms with Gasteiger partial charge >= 0.3 is 0 Å². The number of fused-ring (bicyclic) bond motifs is 4. The third-order valence-electron chi connectivity index (χ3n) is 6.87. The molecular formula is C21H27N5O3. The van der Waals surface area contributed by atoms with Gasteiger partial charge in [-0.3, -0.25) is 19.5 Å². The lowest BCUT2D eigenvalue weighted by Crippen LogP contribution is -2.62. The van der Waals surface area contributed by atoms with E-state index in [1.807, 2.05) is 18.0 Å². The summed E-state index contributed by atoms with van der Waals surface area (Å²) in [6, 6.07) is 4.13. The van der Waals surface area contributed by atoms with Gasteiger partial charge in [0, 0.05) is 55.9 Å². The minimum Gasteiger partial charge on any atom is -0.440 e. The number of piperidine rings is 3. The number of nitrogens with one attached hydrogen (secondary N) is 1. The standard InChI is InChI=1S/C21H27N5O3/c1-13-20(14-3-5-25(13)6-4-14)23-21(28)16-10-17-15(11-22-16)9-19(29-17)26-8-7-24(2)18(27)12-26/h9-11,13-14,20H,3-8,12H2,1-2H3,(H,23,28)/t13-,20-/m0/s1. The molecule has 29 heavy (non-hydrogen) atoms. The van der Waals surface area contributed by atoms with Gasteiger partial charge in [0.2, 0.25) is 5.91 Å². The van der Waals surface area contributed by atoms with E-state index in [0.717, 1.165) is 37.9 Å². The smallest absolute Gasteiger partial charge is 0.270 e. The number of nitrogens with zero attached hydrogens (tertiary/aromatic N) is 4. The minimum atomic E-state index is -0.148. The van der Waals surface area contributed by atoms with Crippen LogP contribution in [0.2, 0.25) is 0 Å². The van der Waals surface area contributed by atoms with Gasteiger partial charge in [-0.1, -0.05) is 0 Å². The van der Waals surface area contributed by atoms with Crippen LogP contribution in [-0.2, 0) is 4.79 Å². The summed E-state index contributed by atoms with van der Waals surface area (Å²) in [5.41, 5.74) is 0.991. The quantitative estimate of drug-likeness (QED) is 0.841. The lowest BCUT2D eigenvalue weighted by atomic mass is 9.79. The van der Waals surface area contributed by atoms with E-state index in [4.69, 9.17) is 4.42 Å². The molecule has 2 aromatic heterocycles. The number of piperazine rings is 1. The maximum atomic E-state index is 12.9. The van der Waals surface area contributed by atoms with Gasteiger partial charge in [0.15, 0.2) is 5.88 Å². The van der Waals surface area contributed by atoms with E-state index in [2.05, 4.69) is 22.1 Å². The number of amides is 2. The van der Waals surface area contributed by atoms with Crippen LogP contribution < -0.4 is 10.2 Å². The van der Waals surface area contributed by atoms with Crippen LogP contribution >= 0.6 is 0 Å². The van der Waals surface area contributed by atoms with Crippen molar-refractivity contribution in [2.75, 3.05) is 44.7 Å². The molecule has 4 aliphatic rings.